The average Bonchev–Trinajstić information content (AvgIpc) is 2.92. The van der Waals surface area contributed by atoms with Gasteiger partial charge in [-0.05, 0) is 17.7 Å². The van der Waals surface area contributed by atoms with E-state index in [4.69, 9.17) is 32.8 Å². The maximum Gasteiger partial charge on any atom is 0.511 e. The van der Waals surface area contributed by atoms with Gasteiger partial charge in [-0.1, -0.05) is 0 Å². The first-order valence-electron chi connectivity index (χ1n) is 11.6. The van der Waals surface area contributed by atoms with Gasteiger partial charge in [0.1, 0.15) is 41.6 Å². The van der Waals surface area contributed by atoms with Crippen molar-refractivity contribution in [2.45, 2.75) is 30.7 Å². The minimum atomic E-state index is -1.82. The highest BCUT2D eigenvalue weighted by atomic mass is 16.7. The summed E-state index contributed by atoms with van der Waals surface area (Å²) in [6.07, 6.45) is -9.00. The minimum absolute atomic E-state index is 0.0166. The number of aromatic hydroxyl groups is 1. The van der Waals surface area contributed by atoms with Crippen LogP contribution in [0.5, 0.6) is 34.5 Å². The van der Waals surface area contributed by atoms with Crippen molar-refractivity contribution in [1.82, 2.24) is 0 Å². The van der Waals surface area contributed by atoms with Crippen LogP contribution in [-0.4, -0.2) is 95.4 Å². The van der Waals surface area contributed by atoms with Gasteiger partial charge in [0.25, 0.3) is 0 Å². The summed E-state index contributed by atoms with van der Waals surface area (Å²) in [6, 6.07) is 3.73. The third kappa shape index (κ3) is 5.03. The standard InChI is InChI=1S/C25H26O15/c1-34-13-5-9(4-11(27)21(13)35-2)10-8-37-12-6-14(22(36-3)23(40-25(32)33)16(12)17(10)28)38-24-20(31)19(30)18(29)15(7-26)39-24/h4-6,8,15,18-20,24,26-27,29-31H,7H2,1-3H3,(H,32,33)/t15-,18-,19+,20-,24-/m1/s1. The number of aliphatic hydroxyl groups excluding tert-OH is 4. The van der Waals surface area contributed by atoms with Crippen LogP contribution in [0.3, 0.4) is 0 Å². The van der Waals surface area contributed by atoms with E-state index in [1.54, 1.807) is 0 Å². The van der Waals surface area contributed by atoms with E-state index in [-0.39, 0.29) is 45.1 Å². The number of fused-ring (bicyclic) bond motifs is 1. The molecular weight excluding hydrogens is 540 g/mol. The average molecular weight is 566 g/mol. The zero-order chi connectivity index (χ0) is 29.3. The number of aliphatic hydroxyl groups is 4. The minimum Gasteiger partial charge on any atom is -0.504 e. The summed E-state index contributed by atoms with van der Waals surface area (Å²) in [6.45, 7) is -0.726. The van der Waals surface area contributed by atoms with E-state index in [1.165, 1.54) is 26.4 Å². The Balaban J connectivity index is 1.89. The number of phenols is 1. The molecular formula is C25H26O15. The van der Waals surface area contributed by atoms with Gasteiger partial charge in [0.15, 0.2) is 23.0 Å². The highest BCUT2D eigenvalue weighted by Crippen LogP contribution is 2.45. The van der Waals surface area contributed by atoms with Crippen LogP contribution in [0.25, 0.3) is 22.1 Å². The van der Waals surface area contributed by atoms with E-state index < -0.39 is 60.4 Å². The van der Waals surface area contributed by atoms with Crippen LogP contribution in [-0.2, 0) is 4.74 Å². The highest BCUT2D eigenvalue weighted by molar-refractivity contribution is 5.93. The Morgan fingerprint density at radius 3 is 2.23 bits per heavy atom. The van der Waals surface area contributed by atoms with Crippen LogP contribution in [0.4, 0.5) is 4.79 Å². The number of rotatable bonds is 8. The molecule has 1 fully saturated rings. The van der Waals surface area contributed by atoms with Gasteiger partial charge in [0, 0.05) is 6.07 Å². The van der Waals surface area contributed by atoms with Crippen molar-refractivity contribution in [2.75, 3.05) is 27.9 Å². The molecule has 0 unspecified atom stereocenters. The molecule has 2 aromatic carbocycles. The van der Waals surface area contributed by atoms with Crippen LogP contribution in [0, 0.1) is 0 Å². The maximum atomic E-state index is 13.6. The predicted octanol–water partition coefficient (Wildman–Crippen LogP) is 0.427. The summed E-state index contributed by atoms with van der Waals surface area (Å²) >= 11 is 0. The zero-order valence-corrected chi connectivity index (χ0v) is 21.3. The quantitative estimate of drug-likeness (QED) is 0.161. The van der Waals surface area contributed by atoms with Crippen LogP contribution in [0.15, 0.2) is 33.7 Å². The summed E-state index contributed by atoms with van der Waals surface area (Å²) in [5, 5.41) is 59.3. The normalized spacial score (nSPS) is 22.5. The summed E-state index contributed by atoms with van der Waals surface area (Å²) in [5.74, 6) is -1.63. The molecule has 1 aliphatic heterocycles. The molecule has 1 aliphatic rings. The molecule has 6 N–H and O–H groups in total. The molecule has 0 aliphatic carbocycles. The third-order valence-electron chi connectivity index (χ3n) is 6.20. The lowest BCUT2D eigenvalue weighted by atomic mass is 9.99. The fourth-order valence-corrected chi connectivity index (χ4v) is 4.27. The van der Waals surface area contributed by atoms with Crippen molar-refractivity contribution >= 4 is 17.1 Å². The Morgan fingerprint density at radius 1 is 0.925 bits per heavy atom. The smallest absolute Gasteiger partial charge is 0.504 e. The molecule has 40 heavy (non-hydrogen) atoms. The van der Waals surface area contributed by atoms with Gasteiger partial charge in [0.2, 0.25) is 23.2 Å². The number of benzene rings is 2. The van der Waals surface area contributed by atoms with Gasteiger partial charge in [-0.2, -0.15) is 0 Å². The van der Waals surface area contributed by atoms with E-state index in [9.17, 15) is 40.2 Å². The lowest BCUT2D eigenvalue weighted by Crippen LogP contribution is -2.60. The molecule has 3 aromatic rings. The number of carbonyl (C=O) groups is 1. The SMILES string of the molecule is COc1cc(-c2coc3cc(O[C@@H]4O[C@H](CO)[C@@H](O)[C@H](O)[C@H]4O)c(OC)c(OC(=O)O)c3c2=O)cc(O)c1OC. The van der Waals surface area contributed by atoms with Crippen molar-refractivity contribution in [3.8, 4) is 45.6 Å². The maximum absolute atomic E-state index is 13.6. The van der Waals surface area contributed by atoms with E-state index in [1.807, 2.05) is 0 Å². The summed E-state index contributed by atoms with van der Waals surface area (Å²) in [7, 11) is 3.76. The second-order valence-electron chi connectivity index (χ2n) is 8.50. The molecule has 0 bridgehead atoms. The highest BCUT2D eigenvalue weighted by Gasteiger charge is 2.45. The van der Waals surface area contributed by atoms with Gasteiger partial charge in [0.05, 0.1) is 33.5 Å². The summed E-state index contributed by atoms with van der Waals surface area (Å²) < 4.78 is 37.0. The van der Waals surface area contributed by atoms with Crippen molar-refractivity contribution in [3.63, 3.8) is 0 Å². The molecule has 0 spiro atoms. The van der Waals surface area contributed by atoms with E-state index in [0.717, 1.165) is 19.4 Å². The van der Waals surface area contributed by atoms with Crippen molar-refractivity contribution in [3.05, 3.63) is 34.7 Å². The largest absolute Gasteiger partial charge is 0.511 e. The van der Waals surface area contributed by atoms with Gasteiger partial charge in [-0.15, -0.1) is 0 Å². The predicted molar refractivity (Wildman–Crippen MR) is 132 cm³/mol. The van der Waals surface area contributed by atoms with Gasteiger partial charge < -0.3 is 63.5 Å². The van der Waals surface area contributed by atoms with E-state index in [0.29, 0.717) is 0 Å². The van der Waals surface area contributed by atoms with Gasteiger partial charge in [-0.3, -0.25) is 4.79 Å². The molecule has 0 saturated carbocycles. The molecule has 1 saturated heterocycles. The fraction of sp³-hybridized carbons (Fsp3) is 0.360. The monoisotopic (exact) mass is 566 g/mol. The molecule has 0 amide bonds. The number of hydrogen-bond acceptors (Lipinski definition) is 14. The van der Waals surface area contributed by atoms with Crippen molar-refractivity contribution in [2.24, 2.45) is 0 Å². The molecule has 15 nitrogen and oxygen atoms in total. The van der Waals surface area contributed by atoms with Crippen molar-refractivity contribution in [1.29, 1.82) is 0 Å². The van der Waals surface area contributed by atoms with E-state index >= 15 is 0 Å². The van der Waals surface area contributed by atoms with Crippen LogP contribution in [0.1, 0.15) is 0 Å². The number of carboxylic acid groups (broad SMARTS) is 1. The lowest BCUT2D eigenvalue weighted by Gasteiger charge is -2.39. The number of ether oxygens (including phenoxy) is 6. The second kappa shape index (κ2) is 11.4. The van der Waals surface area contributed by atoms with Crippen LogP contribution in [0.2, 0.25) is 0 Å². The molecule has 4 rings (SSSR count). The molecule has 5 atom stereocenters. The molecule has 0 radical (unpaired) electrons. The number of hydrogen-bond donors (Lipinski definition) is 6. The zero-order valence-electron chi connectivity index (χ0n) is 21.3. The lowest BCUT2D eigenvalue weighted by molar-refractivity contribution is -0.277. The second-order valence-corrected chi connectivity index (χ2v) is 8.50. The molecule has 216 valence electrons. The topological polar surface area (TPSA) is 224 Å². The van der Waals surface area contributed by atoms with Crippen LogP contribution < -0.4 is 29.1 Å². The fourth-order valence-electron chi connectivity index (χ4n) is 4.27. The number of methoxy groups -OCH3 is 3. The molecule has 1 aromatic heterocycles. The Bertz CT molecular complexity index is 1460. The number of phenolic OH excluding ortho intramolecular Hbond substituents is 1. The molecule has 2 heterocycles. The van der Waals surface area contributed by atoms with Crippen molar-refractivity contribution < 1.29 is 68.3 Å². The first-order chi connectivity index (χ1) is 19.1. The Hall–Kier alpha value is -4.28. The third-order valence-corrected chi connectivity index (χ3v) is 6.20. The van der Waals surface area contributed by atoms with E-state index in [2.05, 4.69) is 0 Å². The van der Waals surface area contributed by atoms with Crippen LogP contribution >= 0.6 is 0 Å². The Kier molecular flexibility index (Phi) is 8.22. The Labute approximate surface area is 224 Å². The van der Waals surface area contributed by atoms with Gasteiger partial charge in [-0.25, -0.2) is 4.79 Å². The van der Waals surface area contributed by atoms with Gasteiger partial charge >= 0.3 is 6.16 Å². The first-order valence-corrected chi connectivity index (χ1v) is 11.6. The molecule has 15 heteroatoms. The summed E-state index contributed by atoms with van der Waals surface area (Å²) in [5.41, 5.74) is -1.02. The Morgan fingerprint density at radius 2 is 1.62 bits per heavy atom. The first kappa shape index (κ1) is 28.7. The summed E-state index contributed by atoms with van der Waals surface area (Å²) in [4.78, 5) is 25.2.